The van der Waals surface area contributed by atoms with Crippen molar-refractivity contribution in [2.45, 2.75) is 20.4 Å². The molecule has 152 valence electrons. The molecule has 29 heavy (non-hydrogen) atoms. The van der Waals surface area contributed by atoms with Gasteiger partial charge in [0.25, 0.3) is 0 Å². The van der Waals surface area contributed by atoms with Gasteiger partial charge in [-0.15, -0.1) is 11.3 Å². The molecule has 8 nitrogen and oxygen atoms in total. The largest absolute Gasteiger partial charge is 0.338 e. The number of hydrogen-bond acceptors (Lipinski definition) is 8. The minimum absolute atomic E-state index is 0.0209. The maximum atomic E-state index is 12.2. The van der Waals surface area contributed by atoms with Crippen molar-refractivity contribution in [1.29, 1.82) is 0 Å². The molecule has 1 fully saturated rings. The Bertz CT molecular complexity index is 960. The van der Waals surface area contributed by atoms with Crippen molar-refractivity contribution in [1.82, 2.24) is 24.9 Å². The Balaban J connectivity index is 1.24. The fourth-order valence-corrected chi connectivity index (χ4v) is 3.91. The van der Waals surface area contributed by atoms with Crippen LogP contribution in [0.15, 0.2) is 34.2 Å². The van der Waals surface area contributed by atoms with E-state index < -0.39 is 0 Å². The number of carbonyl (C=O) groups excluding carboxylic acids is 1. The molecular weight excluding hydrogens is 388 g/mol. The van der Waals surface area contributed by atoms with Crippen LogP contribution in [0.2, 0.25) is 0 Å². The van der Waals surface area contributed by atoms with Gasteiger partial charge in [0.1, 0.15) is 0 Å². The average molecular weight is 413 g/mol. The molecule has 0 radical (unpaired) electrons. The number of anilines is 1. The molecule has 0 atom stereocenters. The summed E-state index contributed by atoms with van der Waals surface area (Å²) in [6, 6.07) is 8.08. The van der Waals surface area contributed by atoms with Crippen molar-refractivity contribution < 1.29 is 9.32 Å². The van der Waals surface area contributed by atoms with Crippen LogP contribution >= 0.6 is 11.3 Å². The van der Waals surface area contributed by atoms with E-state index in [2.05, 4.69) is 37.2 Å². The van der Waals surface area contributed by atoms with E-state index in [-0.39, 0.29) is 5.91 Å². The molecule has 9 heteroatoms. The summed E-state index contributed by atoms with van der Waals surface area (Å²) in [7, 11) is 0. The minimum atomic E-state index is -0.0209. The molecule has 1 aliphatic heterocycles. The zero-order valence-electron chi connectivity index (χ0n) is 16.6. The summed E-state index contributed by atoms with van der Waals surface area (Å²) in [5, 5.41) is 9.55. The first-order chi connectivity index (χ1) is 14.0. The van der Waals surface area contributed by atoms with Gasteiger partial charge in [-0.1, -0.05) is 35.0 Å². The van der Waals surface area contributed by atoms with Crippen molar-refractivity contribution in [3.8, 4) is 11.4 Å². The van der Waals surface area contributed by atoms with Crippen LogP contribution in [0.4, 0.5) is 5.13 Å². The zero-order chi connectivity index (χ0) is 20.2. The smallest absolute Gasteiger partial charge is 0.241 e. The van der Waals surface area contributed by atoms with E-state index in [9.17, 15) is 4.79 Å². The lowest BCUT2D eigenvalue weighted by atomic mass is 10.1. The predicted molar refractivity (Wildman–Crippen MR) is 112 cm³/mol. The first-order valence-electron chi connectivity index (χ1n) is 9.61. The van der Waals surface area contributed by atoms with Gasteiger partial charge in [0.05, 0.1) is 18.8 Å². The Labute approximate surface area is 173 Å². The van der Waals surface area contributed by atoms with Gasteiger partial charge in [-0.05, 0) is 13.8 Å². The highest BCUT2D eigenvalue weighted by Gasteiger charge is 2.21. The Kier molecular flexibility index (Phi) is 5.98. The summed E-state index contributed by atoms with van der Waals surface area (Å²) in [4.78, 5) is 25.4. The van der Waals surface area contributed by atoms with Crippen LogP contribution in [0.5, 0.6) is 0 Å². The fraction of sp³-hybridized carbons (Fsp3) is 0.400. The third kappa shape index (κ3) is 5.26. The van der Waals surface area contributed by atoms with Crippen molar-refractivity contribution in [3.63, 3.8) is 0 Å². The van der Waals surface area contributed by atoms with Crippen LogP contribution in [-0.4, -0.2) is 63.6 Å². The number of nitrogens with one attached hydrogen (secondary N) is 1. The van der Waals surface area contributed by atoms with Crippen LogP contribution in [0.25, 0.3) is 11.4 Å². The van der Waals surface area contributed by atoms with Crippen LogP contribution in [0.1, 0.15) is 17.1 Å². The van der Waals surface area contributed by atoms with E-state index in [0.29, 0.717) is 29.9 Å². The fourth-order valence-electron chi connectivity index (χ4n) is 3.21. The summed E-state index contributed by atoms with van der Waals surface area (Å²) in [5.74, 6) is 1.21. The molecule has 3 heterocycles. The number of thiazole rings is 1. The van der Waals surface area contributed by atoms with E-state index in [1.165, 1.54) is 16.9 Å². The number of nitrogens with zero attached hydrogens (tertiary/aromatic N) is 5. The third-order valence-electron chi connectivity index (χ3n) is 4.83. The van der Waals surface area contributed by atoms with Gasteiger partial charge in [-0.25, -0.2) is 4.98 Å². The molecule has 4 rings (SSSR count). The molecule has 1 aromatic carbocycles. The van der Waals surface area contributed by atoms with Gasteiger partial charge in [0, 0.05) is 37.1 Å². The SMILES string of the molecule is Cc1ccc(-c2noc(CN3CCN(CC(=O)Nc4nc(C)cs4)CC3)n2)cc1. The second-order valence-corrected chi connectivity index (χ2v) is 8.13. The number of rotatable bonds is 6. The highest BCUT2D eigenvalue weighted by Crippen LogP contribution is 2.18. The number of aromatic nitrogens is 3. The van der Waals surface area contributed by atoms with Crippen molar-refractivity contribution >= 4 is 22.4 Å². The molecule has 1 N–H and O–H groups in total. The molecule has 2 aromatic heterocycles. The molecule has 3 aromatic rings. The first-order valence-corrected chi connectivity index (χ1v) is 10.5. The third-order valence-corrected chi connectivity index (χ3v) is 5.71. The maximum absolute atomic E-state index is 12.2. The second kappa shape index (κ2) is 8.81. The van der Waals surface area contributed by atoms with E-state index in [1.54, 1.807) is 0 Å². The topological polar surface area (TPSA) is 87.4 Å². The van der Waals surface area contributed by atoms with Gasteiger partial charge < -0.3 is 9.84 Å². The van der Waals surface area contributed by atoms with Crippen LogP contribution in [0.3, 0.4) is 0 Å². The predicted octanol–water partition coefficient (Wildman–Crippen LogP) is 2.57. The first kappa shape index (κ1) is 19.7. The van der Waals surface area contributed by atoms with Crippen molar-refractivity contribution in [3.05, 3.63) is 46.8 Å². The molecular formula is C20H24N6O2S. The van der Waals surface area contributed by atoms with Gasteiger partial charge in [-0.3, -0.25) is 14.6 Å². The normalized spacial score (nSPS) is 15.5. The van der Waals surface area contributed by atoms with E-state index in [4.69, 9.17) is 4.52 Å². The van der Waals surface area contributed by atoms with E-state index >= 15 is 0 Å². The number of benzene rings is 1. The van der Waals surface area contributed by atoms with Gasteiger partial charge in [-0.2, -0.15) is 4.98 Å². The molecule has 1 saturated heterocycles. The molecule has 1 amide bonds. The minimum Gasteiger partial charge on any atom is -0.338 e. The summed E-state index contributed by atoms with van der Waals surface area (Å²) in [5.41, 5.74) is 3.08. The molecule has 0 aliphatic carbocycles. The Hall–Kier alpha value is -2.62. The lowest BCUT2D eigenvalue weighted by Crippen LogP contribution is -2.48. The lowest BCUT2D eigenvalue weighted by Gasteiger charge is -2.33. The molecule has 0 bridgehead atoms. The molecule has 1 aliphatic rings. The van der Waals surface area contributed by atoms with Gasteiger partial charge >= 0.3 is 0 Å². The number of hydrogen-bond donors (Lipinski definition) is 1. The van der Waals surface area contributed by atoms with Crippen molar-refractivity contribution in [2.24, 2.45) is 0 Å². The quantitative estimate of drug-likeness (QED) is 0.666. The zero-order valence-corrected chi connectivity index (χ0v) is 17.4. The summed E-state index contributed by atoms with van der Waals surface area (Å²) < 4.78 is 5.43. The summed E-state index contributed by atoms with van der Waals surface area (Å²) in [6.07, 6.45) is 0. The molecule has 0 unspecified atom stereocenters. The van der Waals surface area contributed by atoms with Crippen LogP contribution in [-0.2, 0) is 11.3 Å². The number of piperazine rings is 1. The standard InChI is InChI=1S/C20H24N6O2S/c1-14-3-5-16(6-4-14)19-23-18(28-24-19)12-26-9-7-25(8-10-26)11-17(27)22-20-21-15(2)13-29-20/h3-6,13H,7-12H2,1-2H3,(H,21,22,27). The molecule has 0 spiro atoms. The maximum Gasteiger partial charge on any atom is 0.241 e. The van der Waals surface area contributed by atoms with Gasteiger partial charge in [0.15, 0.2) is 5.13 Å². The van der Waals surface area contributed by atoms with E-state index in [1.807, 2.05) is 36.6 Å². The second-order valence-electron chi connectivity index (χ2n) is 7.27. The summed E-state index contributed by atoms with van der Waals surface area (Å²) in [6.45, 7) is 8.32. The van der Waals surface area contributed by atoms with Crippen LogP contribution < -0.4 is 5.32 Å². The number of aryl methyl sites for hydroxylation is 2. The lowest BCUT2D eigenvalue weighted by molar-refractivity contribution is -0.117. The van der Waals surface area contributed by atoms with Crippen LogP contribution in [0, 0.1) is 13.8 Å². The Morgan fingerprint density at radius 2 is 1.83 bits per heavy atom. The molecule has 0 saturated carbocycles. The van der Waals surface area contributed by atoms with Crippen molar-refractivity contribution in [2.75, 3.05) is 38.0 Å². The average Bonchev–Trinajstić information content (AvgIpc) is 3.33. The monoisotopic (exact) mass is 412 g/mol. The highest BCUT2D eigenvalue weighted by molar-refractivity contribution is 7.13. The van der Waals surface area contributed by atoms with Gasteiger partial charge in [0.2, 0.25) is 17.6 Å². The Morgan fingerprint density at radius 1 is 1.10 bits per heavy atom. The number of carbonyl (C=O) groups is 1. The Morgan fingerprint density at radius 3 is 2.52 bits per heavy atom. The van der Waals surface area contributed by atoms with E-state index in [0.717, 1.165) is 37.4 Å². The highest BCUT2D eigenvalue weighted by atomic mass is 32.1. The summed E-state index contributed by atoms with van der Waals surface area (Å²) >= 11 is 1.45. The number of amides is 1.